The van der Waals surface area contributed by atoms with Gasteiger partial charge in [-0.15, -0.1) is 0 Å². The van der Waals surface area contributed by atoms with E-state index in [1.807, 2.05) is 0 Å². The molecule has 0 unspecified atom stereocenters. The van der Waals surface area contributed by atoms with Crippen molar-refractivity contribution in [3.63, 3.8) is 0 Å². The molecule has 2 N–H and O–H groups in total. The Labute approximate surface area is 60.1 Å². The summed E-state index contributed by atoms with van der Waals surface area (Å²) in [4.78, 5) is 3.70. The Morgan fingerprint density at radius 1 is 1.36 bits per heavy atom. The standard InChI is InChI=1S/C4H3N5O2/c5-3-2(8-11-9-3)4-6-1-7-10-4/h1H,(H2,5,9). The summed E-state index contributed by atoms with van der Waals surface area (Å²) in [6.07, 6.45) is 1.24. The first-order valence-electron chi connectivity index (χ1n) is 2.73. The maximum Gasteiger partial charge on any atom is 0.283 e. The Bertz CT molecular complexity index is 339. The monoisotopic (exact) mass is 153 g/mol. The van der Waals surface area contributed by atoms with E-state index in [1.54, 1.807) is 0 Å². The Morgan fingerprint density at radius 3 is 2.82 bits per heavy atom. The molecule has 2 rings (SSSR count). The maximum absolute atomic E-state index is 5.34. The fourth-order valence-electron chi connectivity index (χ4n) is 0.621. The van der Waals surface area contributed by atoms with Crippen LogP contribution < -0.4 is 5.73 Å². The minimum absolute atomic E-state index is 0.134. The fraction of sp³-hybridized carbons (Fsp3) is 0. The molecule has 7 heteroatoms. The van der Waals surface area contributed by atoms with Gasteiger partial charge in [0, 0.05) is 0 Å². The predicted octanol–water partition coefficient (Wildman–Crippen LogP) is -0.298. The van der Waals surface area contributed by atoms with Crippen molar-refractivity contribution in [3.05, 3.63) is 6.33 Å². The minimum atomic E-state index is 0.134. The summed E-state index contributed by atoms with van der Waals surface area (Å²) in [6.45, 7) is 0. The molecule has 0 aromatic carbocycles. The van der Waals surface area contributed by atoms with E-state index in [2.05, 4.69) is 29.6 Å². The molecular weight excluding hydrogens is 150 g/mol. The minimum Gasteiger partial charge on any atom is -0.379 e. The molecule has 2 heterocycles. The number of anilines is 1. The van der Waals surface area contributed by atoms with Crippen molar-refractivity contribution in [1.29, 1.82) is 0 Å². The van der Waals surface area contributed by atoms with E-state index in [-0.39, 0.29) is 17.4 Å². The topological polar surface area (TPSA) is 104 Å². The number of rotatable bonds is 1. The van der Waals surface area contributed by atoms with Crippen LogP contribution in [0.2, 0.25) is 0 Å². The van der Waals surface area contributed by atoms with Crippen molar-refractivity contribution in [1.82, 2.24) is 20.5 Å². The zero-order valence-electron chi connectivity index (χ0n) is 5.26. The second-order valence-corrected chi connectivity index (χ2v) is 1.74. The summed E-state index contributed by atoms with van der Waals surface area (Å²) in [5.74, 6) is 0.331. The lowest BCUT2D eigenvalue weighted by Crippen LogP contribution is -1.87. The van der Waals surface area contributed by atoms with Gasteiger partial charge in [-0.25, -0.2) is 4.63 Å². The van der Waals surface area contributed by atoms with Crippen LogP contribution in [0.15, 0.2) is 15.5 Å². The van der Waals surface area contributed by atoms with Gasteiger partial charge in [0.05, 0.1) is 0 Å². The van der Waals surface area contributed by atoms with Crippen LogP contribution in [-0.2, 0) is 0 Å². The molecule has 0 aliphatic heterocycles. The van der Waals surface area contributed by atoms with Crippen molar-refractivity contribution in [3.8, 4) is 11.6 Å². The second kappa shape index (κ2) is 2.04. The predicted molar refractivity (Wildman–Crippen MR) is 32.0 cm³/mol. The van der Waals surface area contributed by atoms with Crippen LogP contribution in [0.3, 0.4) is 0 Å². The lowest BCUT2D eigenvalue weighted by Gasteiger charge is -1.81. The Balaban J connectivity index is 2.53. The van der Waals surface area contributed by atoms with Crippen LogP contribution in [0.5, 0.6) is 0 Å². The number of nitrogen functional groups attached to an aromatic ring is 1. The lowest BCUT2D eigenvalue weighted by molar-refractivity contribution is 0.308. The Morgan fingerprint density at radius 2 is 2.27 bits per heavy atom. The van der Waals surface area contributed by atoms with Crippen molar-refractivity contribution >= 4 is 5.82 Å². The summed E-state index contributed by atoms with van der Waals surface area (Å²) < 4.78 is 8.97. The molecule has 0 atom stereocenters. The summed E-state index contributed by atoms with van der Waals surface area (Å²) in [5.41, 5.74) is 5.60. The van der Waals surface area contributed by atoms with E-state index in [9.17, 15) is 0 Å². The van der Waals surface area contributed by atoms with Crippen molar-refractivity contribution in [2.75, 3.05) is 5.73 Å². The van der Waals surface area contributed by atoms with Crippen LogP contribution in [0.4, 0.5) is 5.82 Å². The summed E-state index contributed by atoms with van der Waals surface area (Å²) in [6, 6.07) is 0. The molecule has 0 bridgehead atoms. The van der Waals surface area contributed by atoms with Crippen molar-refractivity contribution in [2.45, 2.75) is 0 Å². The van der Waals surface area contributed by atoms with Gasteiger partial charge in [0.1, 0.15) is 0 Å². The molecule has 2 aromatic heterocycles. The third-order valence-corrected chi connectivity index (χ3v) is 1.08. The average molecular weight is 153 g/mol. The first kappa shape index (κ1) is 5.83. The first-order chi connectivity index (χ1) is 5.38. The van der Waals surface area contributed by atoms with Gasteiger partial charge in [-0.05, 0) is 10.3 Å². The smallest absolute Gasteiger partial charge is 0.283 e. The number of nitrogens with two attached hydrogens (primary N) is 1. The van der Waals surface area contributed by atoms with E-state index >= 15 is 0 Å². The molecule has 0 saturated heterocycles. The van der Waals surface area contributed by atoms with Crippen LogP contribution in [-0.4, -0.2) is 20.5 Å². The number of hydrogen-bond donors (Lipinski definition) is 1. The normalized spacial score (nSPS) is 10.2. The van der Waals surface area contributed by atoms with Gasteiger partial charge >= 0.3 is 0 Å². The number of aromatic nitrogens is 4. The molecule has 0 aliphatic rings. The van der Waals surface area contributed by atoms with Gasteiger partial charge < -0.3 is 10.3 Å². The van der Waals surface area contributed by atoms with Crippen LogP contribution in [0, 0.1) is 0 Å². The largest absolute Gasteiger partial charge is 0.379 e. The highest BCUT2D eigenvalue weighted by atomic mass is 16.6. The molecule has 0 fully saturated rings. The van der Waals surface area contributed by atoms with Crippen LogP contribution >= 0.6 is 0 Å². The molecular formula is C4H3N5O2. The van der Waals surface area contributed by atoms with E-state index in [1.165, 1.54) is 6.33 Å². The van der Waals surface area contributed by atoms with Gasteiger partial charge in [0.15, 0.2) is 6.33 Å². The Kier molecular flexibility index (Phi) is 1.08. The van der Waals surface area contributed by atoms with E-state index in [0.29, 0.717) is 0 Å². The molecule has 0 spiro atoms. The quantitative estimate of drug-likeness (QED) is 0.599. The molecule has 0 saturated carbocycles. The van der Waals surface area contributed by atoms with Gasteiger partial charge in [0.2, 0.25) is 11.5 Å². The van der Waals surface area contributed by atoms with Gasteiger partial charge in [-0.3, -0.25) is 0 Å². The summed E-state index contributed by atoms with van der Waals surface area (Å²) >= 11 is 0. The molecule has 7 nitrogen and oxygen atoms in total. The van der Waals surface area contributed by atoms with E-state index in [4.69, 9.17) is 5.73 Å². The summed E-state index contributed by atoms with van der Waals surface area (Å²) in [7, 11) is 0. The lowest BCUT2D eigenvalue weighted by atomic mass is 10.4. The van der Waals surface area contributed by atoms with Gasteiger partial charge in [0.25, 0.3) is 5.89 Å². The zero-order valence-corrected chi connectivity index (χ0v) is 5.26. The zero-order chi connectivity index (χ0) is 7.68. The van der Waals surface area contributed by atoms with Crippen LogP contribution in [0.25, 0.3) is 11.6 Å². The second-order valence-electron chi connectivity index (χ2n) is 1.74. The van der Waals surface area contributed by atoms with Gasteiger partial charge in [-0.2, -0.15) is 4.98 Å². The molecule has 11 heavy (non-hydrogen) atoms. The molecule has 0 amide bonds. The number of nitrogens with zero attached hydrogens (tertiary/aromatic N) is 4. The highest BCUT2D eigenvalue weighted by Gasteiger charge is 2.13. The molecule has 0 aliphatic carbocycles. The molecule has 0 radical (unpaired) electrons. The fourth-order valence-corrected chi connectivity index (χ4v) is 0.621. The first-order valence-corrected chi connectivity index (χ1v) is 2.73. The molecule has 2 aromatic rings. The third-order valence-electron chi connectivity index (χ3n) is 1.08. The highest BCUT2D eigenvalue weighted by Crippen LogP contribution is 2.17. The van der Waals surface area contributed by atoms with E-state index in [0.717, 1.165) is 0 Å². The maximum atomic E-state index is 5.34. The summed E-state index contributed by atoms with van der Waals surface area (Å²) in [5, 5.41) is 10.2. The third kappa shape index (κ3) is 0.820. The van der Waals surface area contributed by atoms with Crippen LogP contribution in [0.1, 0.15) is 0 Å². The van der Waals surface area contributed by atoms with Crippen molar-refractivity contribution in [2.24, 2.45) is 0 Å². The number of hydrogen-bond acceptors (Lipinski definition) is 7. The molecule has 56 valence electrons. The van der Waals surface area contributed by atoms with Crippen molar-refractivity contribution < 1.29 is 9.15 Å². The average Bonchev–Trinajstić information content (AvgIpc) is 2.55. The highest BCUT2D eigenvalue weighted by molar-refractivity contribution is 5.59. The van der Waals surface area contributed by atoms with Gasteiger partial charge in [-0.1, -0.05) is 5.16 Å². The SMILES string of the molecule is Nc1nonc1-c1ncno1. The Hall–Kier alpha value is -1.92. The van der Waals surface area contributed by atoms with E-state index < -0.39 is 0 Å².